The molecule has 1 aromatic heterocycles. The zero-order chi connectivity index (χ0) is 11.9. The normalized spacial score (nSPS) is 12.9. The predicted octanol–water partition coefficient (Wildman–Crippen LogP) is 2.71. The number of imidazole rings is 1. The molecule has 2 rings (SSSR count). The molecule has 1 heterocycles. The molecule has 1 atom stereocenters. The number of hydrogen-bond donors (Lipinski definition) is 2. The first-order valence-corrected chi connectivity index (χ1v) is 5.25. The van der Waals surface area contributed by atoms with Crippen molar-refractivity contribution < 1.29 is 9.90 Å². The Kier molecular flexibility index (Phi) is 2.59. The van der Waals surface area contributed by atoms with E-state index in [0.29, 0.717) is 10.6 Å². The average molecular weight is 239 g/mol. The molecule has 0 aliphatic carbocycles. The molecule has 0 saturated heterocycles. The number of aromatic amines is 1. The lowest BCUT2D eigenvalue weighted by Crippen LogP contribution is -2.07. The summed E-state index contributed by atoms with van der Waals surface area (Å²) in [5.41, 5.74) is 2.17. The maximum Gasteiger partial charge on any atom is 0.310 e. The molecule has 0 amide bonds. The first kappa shape index (κ1) is 11.0. The number of hydrogen-bond acceptors (Lipinski definition) is 2. The average Bonchev–Trinajstić information content (AvgIpc) is 2.54. The van der Waals surface area contributed by atoms with Crippen molar-refractivity contribution in [2.24, 2.45) is 0 Å². The summed E-state index contributed by atoms with van der Waals surface area (Å²) >= 11 is 6.03. The van der Waals surface area contributed by atoms with Gasteiger partial charge in [-0.05, 0) is 31.5 Å². The molecule has 5 heteroatoms. The summed E-state index contributed by atoms with van der Waals surface area (Å²) in [4.78, 5) is 18.2. The van der Waals surface area contributed by atoms with Gasteiger partial charge in [-0.25, -0.2) is 4.98 Å². The van der Waals surface area contributed by atoms with E-state index in [1.807, 2.05) is 6.92 Å². The fourth-order valence-electron chi connectivity index (χ4n) is 1.64. The predicted molar refractivity (Wildman–Crippen MR) is 61.9 cm³/mol. The summed E-state index contributed by atoms with van der Waals surface area (Å²) < 4.78 is 0. The molecule has 16 heavy (non-hydrogen) atoms. The maximum absolute atomic E-state index is 10.9. The highest BCUT2D eigenvalue weighted by Crippen LogP contribution is 2.28. The number of aliphatic carboxylic acids is 1. The van der Waals surface area contributed by atoms with E-state index in [4.69, 9.17) is 16.7 Å². The number of carbonyl (C=O) groups is 1. The zero-order valence-corrected chi connectivity index (χ0v) is 9.67. The third kappa shape index (κ3) is 1.76. The van der Waals surface area contributed by atoms with Gasteiger partial charge < -0.3 is 10.1 Å². The molecular formula is C11H11ClN2O2. The van der Waals surface area contributed by atoms with Gasteiger partial charge >= 0.3 is 5.97 Å². The highest BCUT2D eigenvalue weighted by Gasteiger charge is 2.18. The Morgan fingerprint density at radius 3 is 2.88 bits per heavy atom. The Bertz CT molecular complexity index is 562. The van der Waals surface area contributed by atoms with Crippen molar-refractivity contribution in [2.75, 3.05) is 0 Å². The molecule has 0 fully saturated rings. The lowest BCUT2D eigenvalue weighted by molar-refractivity contribution is -0.138. The van der Waals surface area contributed by atoms with Gasteiger partial charge in [-0.1, -0.05) is 11.6 Å². The lowest BCUT2D eigenvalue weighted by Gasteiger charge is -2.08. The van der Waals surface area contributed by atoms with Crippen LogP contribution in [0.2, 0.25) is 5.02 Å². The monoisotopic (exact) mass is 238 g/mol. The minimum Gasteiger partial charge on any atom is -0.481 e. The van der Waals surface area contributed by atoms with Crippen LogP contribution in [0.15, 0.2) is 12.1 Å². The Labute approximate surface area is 97.3 Å². The van der Waals surface area contributed by atoms with Gasteiger partial charge in [0, 0.05) is 5.02 Å². The number of halogens is 1. The summed E-state index contributed by atoms with van der Waals surface area (Å²) in [6.45, 7) is 3.45. The number of carboxylic acid groups (broad SMARTS) is 1. The second-order valence-electron chi connectivity index (χ2n) is 3.77. The standard InChI is InChI=1S/C11H11ClN2O2/c1-5(11(15)16)7-3-9-10(4-8(7)12)14-6(2)13-9/h3-5H,1-2H3,(H,13,14)(H,15,16). The van der Waals surface area contributed by atoms with Crippen LogP contribution in [0.1, 0.15) is 24.2 Å². The van der Waals surface area contributed by atoms with E-state index in [1.165, 1.54) is 0 Å². The molecule has 0 bridgehead atoms. The third-order valence-corrected chi connectivity index (χ3v) is 2.88. The summed E-state index contributed by atoms with van der Waals surface area (Å²) in [6.07, 6.45) is 0. The van der Waals surface area contributed by atoms with Crippen LogP contribution in [-0.4, -0.2) is 21.0 Å². The van der Waals surface area contributed by atoms with Gasteiger partial charge in [0.05, 0.1) is 17.0 Å². The summed E-state index contributed by atoms with van der Waals surface area (Å²) in [6, 6.07) is 3.44. The van der Waals surface area contributed by atoms with E-state index in [9.17, 15) is 4.79 Å². The Hall–Kier alpha value is -1.55. The van der Waals surface area contributed by atoms with Crippen LogP contribution in [0.4, 0.5) is 0 Å². The van der Waals surface area contributed by atoms with Gasteiger partial charge in [0.15, 0.2) is 0 Å². The van der Waals surface area contributed by atoms with E-state index in [-0.39, 0.29) is 0 Å². The topological polar surface area (TPSA) is 66.0 Å². The van der Waals surface area contributed by atoms with Crippen molar-refractivity contribution in [1.29, 1.82) is 0 Å². The van der Waals surface area contributed by atoms with Crippen molar-refractivity contribution in [3.63, 3.8) is 0 Å². The number of benzene rings is 1. The van der Waals surface area contributed by atoms with E-state index in [2.05, 4.69) is 9.97 Å². The van der Waals surface area contributed by atoms with E-state index < -0.39 is 11.9 Å². The highest BCUT2D eigenvalue weighted by molar-refractivity contribution is 6.32. The number of carboxylic acids is 1. The van der Waals surface area contributed by atoms with Gasteiger partial charge in [-0.2, -0.15) is 0 Å². The summed E-state index contributed by atoms with van der Waals surface area (Å²) in [5.74, 6) is -0.732. The fourth-order valence-corrected chi connectivity index (χ4v) is 1.96. The van der Waals surface area contributed by atoms with Crippen LogP contribution in [0, 0.1) is 6.92 Å². The lowest BCUT2D eigenvalue weighted by atomic mass is 10.0. The number of aromatic nitrogens is 2. The van der Waals surface area contributed by atoms with Gasteiger partial charge in [-0.3, -0.25) is 4.79 Å². The molecule has 0 spiro atoms. The largest absolute Gasteiger partial charge is 0.481 e. The number of fused-ring (bicyclic) bond motifs is 1. The number of H-pyrrole nitrogens is 1. The molecule has 0 saturated carbocycles. The van der Waals surface area contributed by atoms with Crippen LogP contribution in [0.25, 0.3) is 11.0 Å². The van der Waals surface area contributed by atoms with Crippen molar-refractivity contribution >= 4 is 28.6 Å². The first-order valence-electron chi connectivity index (χ1n) is 4.87. The van der Waals surface area contributed by atoms with Gasteiger partial charge in [0.1, 0.15) is 5.82 Å². The molecule has 0 aliphatic rings. The Balaban J connectivity index is 2.61. The van der Waals surface area contributed by atoms with Crippen LogP contribution in [0.5, 0.6) is 0 Å². The molecular weight excluding hydrogens is 228 g/mol. The number of nitrogens with zero attached hydrogens (tertiary/aromatic N) is 1. The van der Waals surface area contributed by atoms with Crippen LogP contribution < -0.4 is 0 Å². The molecule has 0 aliphatic heterocycles. The first-order chi connectivity index (χ1) is 7.49. The van der Waals surface area contributed by atoms with E-state index >= 15 is 0 Å². The third-order valence-electron chi connectivity index (χ3n) is 2.56. The van der Waals surface area contributed by atoms with E-state index in [1.54, 1.807) is 19.1 Å². The molecule has 1 aromatic carbocycles. The van der Waals surface area contributed by atoms with Crippen molar-refractivity contribution in [1.82, 2.24) is 9.97 Å². The highest BCUT2D eigenvalue weighted by atomic mass is 35.5. The second-order valence-corrected chi connectivity index (χ2v) is 4.18. The van der Waals surface area contributed by atoms with Crippen LogP contribution >= 0.6 is 11.6 Å². The van der Waals surface area contributed by atoms with Crippen molar-refractivity contribution in [3.05, 3.63) is 28.5 Å². The molecule has 84 valence electrons. The van der Waals surface area contributed by atoms with Gasteiger partial charge in [0.25, 0.3) is 0 Å². The SMILES string of the molecule is Cc1nc2cc(Cl)c(C(C)C(=O)O)cc2[nH]1. The molecule has 1 unspecified atom stereocenters. The fraction of sp³-hybridized carbons (Fsp3) is 0.273. The van der Waals surface area contributed by atoms with Crippen LogP contribution in [0.3, 0.4) is 0 Å². The number of aryl methyl sites for hydroxylation is 1. The van der Waals surface area contributed by atoms with Crippen molar-refractivity contribution in [2.45, 2.75) is 19.8 Å². The summed E-state index contributed by atoms with van der Waals surface area (Å²) in [5, 5.41) is 9.39. The number of nitrogens with one attached hydrogen (secondary N) is 1. The minimum atomic E-state index is -0.891. The quantitative estimate of drug-likeness (QED) is 0.845. The molecule has 0 radical (unpaired) electrons. The second kappa shape index (κ2) is 3.79. The minimum absolute atomic E-state index is 0.439. The Morgan fingerprint density at radius 1 is 1.56 bits per heavy atom. The van der Waals surface area contributed by atoms with E-state index in [0.717, 1.165) is 16.9 Å². The molecule has 4 nitrogen and oxygen atoms in total. The van der Waals surface area contributed by atoms with Crippen molar-refractivity contribution in [3.8, 4) is 0 Å². The van der Waals surface area contributed by atoms with Gasteiger partial charge in [-0.15, -0.1) is 0 Å². The zero-order valence-electron chi connectivity index (χ0n) is 8.91. The Morgan fingerprint density at radius 2 is 2.25 bits per heavy atom. The van der Waals surface area contributed by atoms with Gasteiger partial charge in [0.2, 0.25) is 0 Å². The maximum atomic E-state index is 10.9. The van der Waals surface area contributed by atoms with Crippen LogP contribution in [-0.2, 0) is 4.79 Å². The summed E-state index contributed by atoms with van der Waals surface area (Å²) in [7, 11) is 0. The smallest absolute Gasteiger partial charge is 0.310 e. The molecule has 2 N–H and O–H groups in total. The number of rotatable bonds is 2. The molecule has 2 aromatic rings.